The van der Waals surface area contributed by atoms with Gasteiger partial charge in [0.2, 0.25) is 0 Å². The van der Waals surface area contributed by atoms with Gasteiger partial charge in [-0.3, -0.25) is 0 Å². The first-order chi connectivity index (χ1) is 10.2. The standard InChI is InChI=1S/C18H20FNO/c1-3-17(20-15-6-4-12(2)16(19)11-15)13-5-7-18-14(10-13)8-9-21-18/h4-7,10-11,17,20H,3,8-9H2,1-2H3. The molecule has 0 saturated heterocycles. The van der Waals surface area contributed by atoms with Gasteiger partial charge in [0.25, 0.3) is 0 Å². The molecule has 110 valence electrons. The van der Waals surface area contributed by atoms with E-state index in [4.69, 9.17) is 4.74 Å². The van der Waals surface area contributed by atoms with Crippen molar-refractivity contribution < 1.29 is 9.13 Å². The van der Waals surface area contributed by atoms with E-state index >= 15 is 0 Å². The summed E-state index contributed by atoms with van der Waals surface area (Å²) in [5.41, 5.74) is 3.98. The Morgan fingerprint density at radius 3 is 2.86 bits per heavy atom. The maximum atomic E-state index is 13.7. The second-order valence-corrected chi connectivity index (χ2v) is 5.53. The van der Waals surface area contributed by atoms with E-state index in [0.29, 0.717) is 5.56 Å². The Morgan fingerprint density at radius 2 is 2.10 bits per heavy atom. The quantitative estimate of drug-likeness (QED) is 0.884. The van der Waals surface area contributed by atoms with Gasteiger partial charge in [0.15, 0.2) is 0 Å². The molecule has 0 fully saturated rings. The number of hydrogen-bond acceptors (Lipinski definition) is 2. The third-order valence-electron chi connectivity index (χ3n) is 4.04. The lowest BCUT2D eigenvalue weighted by molar-refractivity contribution is 0.357. The summed E-state index contributed by atoms with van der Waals surface area (Å²) in [4.78, 5) is 0. The van der Waals surface area contributed by atoms with Gasteiger partial charge in [0.05, 0.1) is 12.6 Å². The Hall–Kier alpha value is -2.03. The first-order valence-electron chi connectivity index (χ1n) is 7.45. The molecule has 1 atom stereocenters. The molecule has 0 saturated carbocycles. The fourth-order valence-electron chi connectivity index (χ4n) is 2.73. The number of aryl methyl sites for hydroxylation is 1. The van der Waals surface area contributed by atoms with E-state index in [1.54, 1.807) is 19.1 Å². The van der Waals surface area contributed by atoms with Gasteiger partial charge < -0.3 is 10.1 Å². The summed E-state index contributed by atoms with van der Waals surface area (Å²) in [6.45, 7) is 4.68. The molecule has 2 aromatic carbocycles. The van der Waals surface area contributed by atoms with Crippen LogP contribution in [0.1, 0.15) is 36.1 Å². The molecule has 3 rings (SSSR count). The molecule has 0 aromatic heterocycles. The number of fused-ring (bicyclic) bond motifs is 1. The van der Waals surface area contributed by atoms with Crippen LogP contribution in [-0.4, -0.2) is 6.61 Å². The minimum absolute atomic E-state index is 0.169. The minimum atomic E-state index is -0.169. The summed E-state index contributed by atoms with van der Waals surface area (Å²) >= 11 is 0. The summed E-state index contributed by atoms with van der Waals surface area (Å²) in [6, 6.07) is 11.8. The van der Waals surface area contributed by atoms with Crippen LogP contribution in [-0.2, 0) is 6.42 Å². The summed E-state index contributed by atoms with van der Waals surface area (Å²) < 4.78 is 19.2. The first-order valence-corrected chi connectivity index (χ1v) is 7.45. The summed E-state index contributed by atoms with van der Waals surface area (Å²) in [5.74, 6) is 0.826. The molecule has 0 bridgehead atoms. The summed E-state index contributed by atoms with van der Waals surface area (Å²) in [6.07, 6.45) is 1.91. The smallest absolute Gasteiger partial charge is 0.128 e. The van der Waals surface area contributed by atoms with E-state index in [1.807, 2.05) is 12.1 Å². The molecule has 0 amide bonds. The van der Waals surface area contributed by atoms with E-state index in [9.17, 15) is 4.39 Å². The van der Waals surface area contributed by atoms with Crippen molar-refractivity contribution in [2.24, 2.45) is 0 Å². The summed E-state index contributed by atoms with van der Waals surface area (Å²) in [7, 11) is 0. The molecule has 2 nitrogen and oxygen atoms in total. The van der Waals surface area contributed by atoms with Crippen LogP contribution < -0.4 is 10.1 Å². The molecule has 0 aliphatic carbocycles. The van der Waals surface area contributed by atoms with Crippen LogP contribution in [0.3, 0.4) is 0 Å². The largest absolute Gasteiger partial charge is 0.493 e. The Bertz CT molecular complexity index is 654. The highest BCUT2D eigenvalue weighted by Crippen LogP contribution is 2.30. The molecule has 21 heavy (non-hydrogen) atoms. The van der Waals surface area contributed by atoms with Gasteiger partial charge in [-0.25, -0.2) is 4.39 Å². The van der Waals surface area contributed by atoms with Crippen molar-refractivity contribution in [2.45, 2.75) is 32.7 Å². The Kier molecular flexibility index (Phi) is 3.82. The average molecular weight is 285 g/mol. The highest BCUT2D eigenvalue weighted by Gasteiger charge is 2.16. The molecular weight excluding hydrogens is 265 g/mol. The van der Waals surface area contributed by atoms with Crippen LogP contribution in [0, 0.1) is 12.7 Å². The lowest BCUT2D eigenvalue weighted by Gasteiger charge is -2.20. The molecule has 1 aliphatic heterocycles. The number of halogens is 1. The number of rotatable bonds is 4. The molecule has 0 radical (unpaired) electrons. The van der Waals surface area contributed by atoms with E-state index < -0.39 is 0 Å². The number of benzene rings is 2. The van der Waals surface area contributed by atoms with Gasteiger partial charge >= 0.3 is 0 Å². The Morgan fingerprint density at radius 1 is 1.24 bits per heavy atom. The van der Waals surface area contributed by atoms with Crippen molar-refractivity contribution in [3.05, 3.63) is 58.9 Å². The average Bonchev–Trinajstić information content (AvgIpc) is 2.95. The topological polar surface area (TPSA) is 21.3 Å². The molecule has 1 N–H and O–H groups in total. The van der Waals surface area contributed by atoms with Gasteiger partial charge in [0.1, 0.15) is 11.6 Å². The number of nitrogens with one attached hydrogen (secondary N) is 1. The van der Waals surface area contributed by atoms with Gasteiger partial charge in [-0.05, 0) is 54.3 Å². The SMILES string of the molecule is CCC(Nc1ccc(C)c(F)c1)c1ccc2c(c1)CCO2. The second kappa shape index (κ2) is 5.76. The number of hydrogen-bond donors (Lipinski definition) is 1. The lowest BCUT2D eigenvalue weighted by Crippen LogP contribution is -2.10. The van der Waals surface area contributed by atoms with Gasteiger partial charge in [-0.2, -0.15) is 0 Å². The molecule has 0 spiro atoms. The van der Waals surface area contributed by atoms with Crippen molar-refractivity contribution in [1.82, 2.24) is 0 Å². The molecule has 1 aliphatic rings. The van der Waals surface area contributed by atoms with E-state index in [1.165, 1.54) is 11.1 Å². The van der Waals surface area contributed by atoms with Crippen LogP contribution in [0.5, 0.6) is 5.75 Å². The second-order valence-electron chi connectivity index (χ2n) is 5.53. The predicted octanol–water partition coefficient (Wildman–Crippen LogP) is 4.63. The van der Waals surface area contributed by atoms with Crippen molar-refractivity contribution in [1.29, 1.82) is 0 Å². The first kappa shape index (κ1) is 13.9. The molecule has 3 heteroatoms. The Labute approximate surface area is 125 Å². The zero-order valence-electron chi connectivity index (χ0n) is 12.4. The highest BCUT2D eigenvalue weighted by atomic mass is 19.1. The predicted molar refractivity (Wildman–Crippen MR) is 83.4 cm³/mol. The lowest BCUT2D eigenvalue weighted by atomic mass is 10.0. The van der Waals surface area contributed by atoms with Gasteiger partial charge in [-0.15, -0.1) is 0 Å². The molecule has 1 heterocycles. The number of ether oxygens (including phenoxy) is 1. The fourth-order valence-corrected chi connectivity index (χ4v) is 2.73. The number of anilines is 1. The van der Waals surface area contributed by atoms with Crippen LogP contribution in [0.15, 0.2) is 36.4 Å². The van der Waals surface area contributed by atoms with E-state index in [-0.39, 0.29) is 11.9 Å². The van der Waals surface area contributed by atoms with Gasteiger partial charge in [0, 0.05) is 12.1 Å². The third-order valence-corrected chi connectivity index (χ3v) is 4.04. The van der Waals surface area contributed by atoms with Crippen molar-refractivity contribution in [2.75, 3.05) is 11.9 Å². The van der Waals surface area contributed by atoms with E-state index in [0.717, 1.165) is 30.9 Å². The van der Waals surface area contributed by atoms with Gasteiger partial charge in [-0.1, -0.05) is 19.1 Å². The van der Waals surface area contributed by atoms with E-state index in [2.05, 4.69) is 24.4 Å². The monoisotopic (exact) mass is 285 g/mol. The fraction of sp³-hybridized carbons (Fsp3) is 0.333. The maximum Gasteiger partial charge on any atom is 0.128 e. The molecule has 2 aromatic rings. The Balaban J connectivity index is 1.83. The normalized spacial score (nSPS) is 14.4. The van der Waals surface area contributed by atoms with Crippen molar-refractivity contribution >= 4 is 5.69 Å². The summed E-state index contributed by atoms with van der Waals surface area (Å²) in [5, 5.41) is 3.42. The highest BCUT2D eigenvalue weighted by molar-refractivity contribution is 5.49. The van der Waals surface area contributed by atoms with Crippen LogP contribution in [0.25, 0.3) is 0 Å². The van der Waals surface area contributed by atoms with Crippen molar-refractivity contribution in [3.8, 4) is 5.75 Å². The van der Waals surface area contributed by atoms with Crippen LogP contribution in [0.2, 0.25) is 0 Å². The van der Waals surface area contributed by atoms with Crippen LogP contribution in [0.4, 0.5) is 10.1 Å². The molecule has 1 unspecified atom stereocenters. The third kappa shape index (κ3) is 2.87. The zero-order chi connectivity index (χ0) is 14.8. The van der Waals surface area contributed by atoms with Crippen LogP contribution >= 0.6 is 0 Å². The maximum absolute atomic E-state index is 13.7. The minimum Gasteiger partial charge on any atom is -0.493 e. The van der Waals surface area contributed by atoms with Crippen molar-refractivity contribution in [3.63, 3.8) is 0 Å². The molecular formula is C18H20FNO. The zero-order valence-corrected chi connectivity index (χ0v) is 12.4.